The van der Waals surface area contributed by atoms with Crippen molar-refractivity contribution in [3.63, 3.8) is 0 Å². The average molecular weight is 587 g/mol. The lowest BCUT2D eigenvalue weighted by Crippen LogP contribution is -2.51. The Bertz CT molecular complexity index is 1340. The van der Waals surface area contributed by atoms with Crippen LogP contribution in [0.3, 0.4) is 0 Å². The number of para-hydroxylation sites is 1. The van der Waals surface area contributed by atoms with E-state index in [9.17, 15) is 4.79 Å². The van der Waals surface area contributed by atoms with Crippen molar-refractivity contribution in [2.24, 2.45) is 59.1 Å². The van der Waals surface area contributed by atoms with E-state index in [1.165, 1.54) is 62.3 Å². The molecule has 1 heterocycles. The maximum atomic E-state index is 13.2. The maximum Gasteiger partial charge on any atom is 0.323 e. The quantitative estimate of drug-likeness (QED) is 0.236. The van der Waals surface area contributed by atoms with Crippen molar-refractivity contribution in [2.75, 3.05) is 0 Å². The average Bonchev–Trinajstić information content (AvgIpc) is 3.49. The molecule has 4 aliphatic carbocycles. The van der Waals surface area contributed by atoms with Crippen LogP contribution in [0.2, 0.25) is 0 Å². The summed E-state index contributed by atoms with van der Waals surface area (Å²) in [5.74, 6) is 4.82. The van der Waals surface area contributed by atoms with E-state index in [2.05, 4.69) is 63.6 Å². The van der Waals surface area contributed by atoms with E-state index in [4.69, 9.17) is 10.5 Å². The Morgan fingerprint density at radius 1 is 1.05 bits per heavy atom. The molecule has 0 bridgehead atoms. The highest BCUT2D eigenvalue weighted by atomic mass is 16.5. The molecule has 2 aromatic rings. The molecule has 3 saturated carbocycles. The predicted octanol–water partition coefficient (Wildman–Crippen LogP) is 9.00. The molecule has 1 aromatic heterocycles. The maximum absolute atomic E-state index is 13.2. The number of rotatable bonds is 9. The topological polar surface area (TPSA) is 57.2 Å². The van der Waals surface area contributed by atoms with Crippen molar-refractivity contribution in [3.8, 4) is 0 Å². The van der Waals surface area contributed by atoms with Gasteiger partial charge in [-0.25, -0.2) is 0 Å². The molecule has 236 valence electrons. The second kappa shape index (κ2) is 12.0. The standard InChI is InChI=1S/C39H58N2O2/c1-25(2)10-9-11-26(3)32-16-17-33-31-15-14-28-23-29(18-20-38(28,4)34(31)19-21-39(32,33)5)43-37(42)35(40)22-27-24-41(6)36-13-8-7-12-30(27)36/h7-8,12-14,24-26,29,31-35H,9-11,15-23,40H2,1-6H3/t26?,29-,31-,32+,33-,34-,35-,38-,39+/m0/s1. The van der Waals surface area contributed by atoms with Crippen molar-refractivity contribution >= 4 is 16.9 Å². The molecule has 6 rings (SSSR count). The number of allylic oxidation sites excluding steroid dienone is 1. The van der Waals surface area contributed by atoms with Crippen molar-refractivity contribution in [3.05, 3.63) is 47.7 Å². The lowest BCUT2D eigenvalue weighted by molar-refractivity contribution is -0.153. The van der Waals surface area contributed by atoms with Gasteiger partial charge in [0.2, 0.25) is 0 Å². The van der Waals surface area contributed by atoms with Gasteiger partial charge in [-0.3, -0.25) is 4.79 Å². The summed E-state index contributed by atoms with van der Waals surface area (Å²) in [4.78, 5) is 13.2. The van der Waals surface area contributed by atoms with E-state index in [0.717, 1.165) is 60.3 Å². The van der Waals surface area contributed by atoms with E-state index in [0.29, 0.717) is 11.8 Å². The molecule has 0 saturated heterocycles. The minimum atomic E-state index is -0.636. The van der Waals surface area contributed by atoms with Gasteiger partial charge >= 0.3 is 5.97 Å². The first-order valence-corrected chi connectivity index (χ1v) is 17.7. The van der Waals surface area contributed by atoms with Crippen LogP contribution < -0.4 is 5.73 Å². The summed E-state index contributed by atoms with van der Waals surface area (Å²) in [6.07, 6.45) is 19.2. The number of nitrogens with two attached hydrogens (primary N) is 1. The SMILES string of the molecule is CC(C)CCCC(C)[C@H]1CC[C@H]2[C@@H]3CC=C4C[C@@H](OC(=O)[C@@H](N)Cc5cn(C)c6ccccc56)CC[C@]4(C)[C@H]3CC[C@]12C. The fraction of sp³-hybridized carbons (Fsp3) is 0.718. The van der Waals surface area contributed by atoms with Gasteiger partial charge in [0.1, 0.15) is 12.1 Å². The molecule has 2 N–H and O–H groups in total. The number of aromatic nitrogens is 1. The molecular formula is C39H58N2O2. The first kappa shape index (κ1) is 30.9. The van der Waals surface area contributed by atoms with Gasteiger partial charge in [0.15, 0.2) is 0 Å². The number of nitrogens with zero attached hydrogens (tertiary/aromatic N) is 1. The molecule has 0 amide bonds. The molecule has 0 aliphatic heterocycles. The van der Waals surface area contributed by atoms with Gasteiger partial charge in [0, 0.05) is 37.0 Å². The highest BCUT2D eigenvalue weighted by molar-refractivity contribution is 5.85. The Hall–Kier alpha value is -2.07. The van der Waals surface area contributed by atoms with Gasteiger partial charge in [-0.2, -0.15) is 0 Å². The molecule has 1 aromatic carbocycles. The van der Waals surface area contributed by atoms with Crippen LogP contribution in [0.5, 0.6) is 0 Å². The Labute approximate surface area is 261 Å². The fourth-order valence-corrected chi connectivity index (χ4v) is 10.9. The number of fused-ring (bicyclic) bond motifs is 6. The van der Waals surface area contributed by atoms with Crippen molar-refractivity contribution in [1.29, 1.82) is 0 Å². The van der Waals surface area contributed by atoms with Crippen molar-refractivity contribution in [2.45, 2.75) is 124 Å². The highest BCUT2D eigenvalue weighted by Crippen LogP contribution is 2.67. The zero-order chi connectivity index (χ0) is 30.5. The molecule has 3 fully saturated rings. The van der Waals surface area contributed by atoms with E-state index < -0.39 is 6.04 Å². The number of carbonyl (C=O) groups is 1. The summed E-state index contributed by atoms with van der Waals surface area (Å²) in [6, 6.07) is 7.68. The summed E-state index contributed by atoms with van der Waals surface area (Å²) in [7, 11) is 2.05. The van der Waals surface area contributed by atoms with Gasteiger partial charge in [0.25, 0.3) is 0 Å². The van der Waals surface area contributed by atoms with Crippen molar-refractivity contribution in [1.82, 2.24) is 4.57 Å². The third-order valence-corrected chi connectivity index (χ3v) is 13.3. The summed E-state index contributed by atoms with van der Waals surface area (Å²) in [5.41, 5.74) is 11.1. The minimum absolute atomic E-state index is 0.0432. The number of aryl methyl sites for hydroxylation is 1. The van der Waals surface area contributed by atoms with E-state index in [1.54, 1.807) is 5.57 Å². The van der Waals surface area contributed by atoms with Crippen LogP contribution in [0, 0.1) is 46.3 Å². The molecule has 1 unspecified atom stereocenters. The van der Waals surface area contributed by atoms with Crippen molar-refractivity contribution < 1.29 is 9.53 Å². The second-order valence-corrected chi connectivity index (χ2v) is 16.2. The van der Waals surface area contributed by atoms with Crippen LogP contribution in [0.1, 0.15) is 111 Å². The summed E-state index contributed by atoms with van der Waals surface area (Å²) in [5, 5.41) is 1.17. The van der Waals surface area contributed by atoms with Gasteiger partial charge in [-0.1, -0.05) is 83.7 Å². The number of carbonyl (C=O) groups excluding carboxylic acids is 1. The van der Waals surface area contributed by atoms with Gasteiger partial charge in [0.05, 0.1) is 0 Å². The minimum Gasteiger partial charge on any atom is -0.461 e. The Morgan fingerprint density at radius 3 is 2.63 bits per heavy atom. The molecule has 4 heteroatoms. The molecular weight excluding hydrogens is 528 g/mol. The first-order chi connectivity index (χ1) is 20.5. The largest absolute Gasteiger partial charge is 0.461 e. The lowest BCUT2D eigenvalue weighted by Gasteiger charge is -2.58. The smallest absolute Gasteiger partial charge is 0.323 e. The number of hydrogen-bond acceptors (Lipinski definition) is 3. The van der Waals surface area contributed by atoms with E-state index >= 15 is 0 Å². The van der Waals surface area contributed by atoms with Crippen LogP contribution in [0.4, 0.5) is 0 Å². The zero-order valence-corrected chi connectivity index (χ0v) is 27.9. The second-order valence-electron chi connectivity index (χ2n) is 16.2. The first-order valence-electron chi connectivity index (χ1n) is 17.7. The predicted molar refractivity (Wildman–Crippen MR) is 178 cm³/mol. The third-order valence-electron chi connectivity index (χ3n) is 13.3. The van der Waals surface area contributed by atoms with Crippen LogP contribution in [0.15, 0.2) is 42.1 Å². The highest BCUT2D eigenvalue weighted by Gasteiger charge is 2.59. The zero-order valence-electron chi connectivity index (χ0n) is 27.9. The molecule has 0 spiro atoms. The lowest BCUT2D eigenvalue weighted by atomic mass is 9.47. The molecule has 43 heavy (non-hydrogen) atoms. The number of hydrogen-bond donors (Lipinski definition) is 1. The molecule has 4 nitrogen and oxygen atoms in total. The van der Waals surface area contributed by atoms with Gasteiger partial charge < -0.3 is 15.0 Å². The summed E-state index contributed by atoms with van der Waals surface area (Å²) < 4.78 is 8.25. The fourth-order valence-electron chi connectivity index (χ4n) is 10.9. The van der Waals surface area contributed by atoms with E-state index in [-0.39, 0.29) is 17.5 Å². The third kappa shape index (κ3) is 5.64. The number of ether oxygens (including phenoxy) is 1. The Balaban J connectivity index is 1.08. The monoisotopic (exact) mass is 586 g/mol. The van der Waals surface area contributed by atoms with Crippen LogP contribution in [-0.4, -0.2) is 22.7 Å². The number of benzene rings is 1. The van der Waals surface area contributed by atoms with Crippen LogP contribution >= 0.6 is 0 Å². The normalized spacial score (nSPS) is 35.2. The Kier molecular flexibility index (Phi) is 8.65. The van der Waals surface area contributed by atoms with Crippen LogP contribution in [0.25, 0.3) is 10.9 Å². The molecule has 4 aliphatic rings. The summed E-state index contributed by atoms with van der Waals surface area (Å²) in [6.45, 7) is 12.5. The molecule has 9 atom stereocenters. The summed E-state index contributed by atoms with van der Waals surface area (Å²) >= 11 is 0. The Morgan fingerprint density at radius 2 is 1.84 bits per heavy atom. The molecule has 0 radical (unpaired) electrons. The van der Waals surface area contributed by atoms with E-state index in [1.807, 2.05) is 19.2 Å². The van der Waals surface area contributed by atoms with Gasteiger partial charge in [-0.05, 0) is 103 Å². The van der Waals surface area contributed by atoms with Crippen LogP contribution in [-0.2, 0) is 23.0 Å². The van der Waals surface area contributed by atoms with Gasteiger partial charge in [-0.15, -0.1) is 0 Å². The number of esters is 1.